The van der Waals surface area contributed by atoms with Gasteiger partial charge in [-0.2, -0.15) is 21.4 Å². The van der Waals surface area contributed by atoms with Gasteiger partial charge in [0.25, 0.3) is 5.92 Å². The molecular formula is C42H61F2N3O3S. The first-order chi connectivity index (χ1) is 24.5. The van der Waals surface area contributed by atoms with Crippen LogP contribution in [0.3, 0.4) is 0 Å². The molecule has 5 atom stereocenters. The number of aryl methyl sites for hydroxylation is 1. The number of amides is 1. The van der Waals surface area contributed by atoms with E-state index in [1.165, 1.54) is 50.7 Å². The normalized spacial score (nSPS) is 24.1. The van der Waals surface area contributed by atoms with Gasteiger partial charge in [0.15, 0.2) is 0 Å². The van der Waals surface area contributed by atoms with Gasteiger partial charge in [-0.15, -0.1) is 0 Å². The first kappa shape index (κ1) is 42.6. The molecule has 0 bridgehead atoms. The number of rotatable bonds is 9. The molecule has 1 saturated carbocycles. The number of nitrogens with zero attached hydrogens (tertiary/aromatic N) is 1. The first-order valence-corrected chi connectivity index (χ1v) is 19.4. The summed E-state index contributed by atoms with van der Waals surface area (Å²) in [7, 11) is 2.07. The Morgan fingerprint density at radius 3 is 2.04 bits per heavy atom. The van der Waals surface area contributed by atoms with Crippen LogP contribution >= 0.6 is 12.6 Å². The van der Waals surface area contributed by atoms with Crippen LogP contribution in [0, 0.1) is 24.7 Å². The Balaban J connectivity index is 0.000000214. The highest BCUT2D eigenvalue weighted by molar-refractivity contribution is 7.81. The number of carbonyl (C=O) groups excluding carboxylic acids is 2. The summed E-state index contributed by atoms with van der Waals surface area (Å²) in [5.41, 5.74) is 7.97. The van der Waals surface area contributed by atoms with E-state index in [0.717, 1.165) is 42.6 Å². The quantitative estimate of drug-likeness (QED) is 0.137. The number of piperidine rings is 1. The van der Waals surface area contributed by atoms with Gasteiger partial charge in [-0.05, 0) is 95.1 Å². The van der Waals surface area contributed by atoms with E-state index in [2.05, 4.69) is 54.2 Å². The van der Waals surface area contributed by atoms with Gasteiger partial charge in [-0.3, -0.25) is 4.79 Å². The molecule has 1 aliphatic heterocycles. The smallest absolute Gasteiger partial charge is 0.294 e. The van der Waals surface area contributed by atoms with Gasteiger partial charge < -0.3 is 25.5 Å². The number of hydrogen-bond donors (Lipinski definition) is 3. The molecular weight excluding hydrogens is 665 g/mol. The highest BCUT2D eigenvalue weighted by Crippen LogP contribution is 2.37. The number of carbonyl (C=O) groups is 2. The molecule has 2 aromatic rings. The highest BCUT2D eigenvalue weighted by Gasteiger charge is 2.41. The Morgan fingerprint density at radius 2 is 1.49 bits per heavy atom. The van der Waals surface area contributed by atoms with Crippen molar-refractivity contribution < 1.29 is 23.1 Å². The number of hydrogen-bond acceptors (Lipinski definition) is 6. The molecule has 3 N–H and O–H groups in total. The zero-order valence-electron chi connectivity index (χ0n) is 31.3. The van der Waals surface area contributed by atoms with Gasteiger partial charge in [0.2, 0.25) is 5.91 Å². The second kappa shape index (κ2) is 21.6. The van der Waals surface area contributed by atoms with Crippen LogP contribution in [0.5, 0.6) is 0 Å². The fourth-order valence-electron chi connectivity index (χ4n) is 6.99. The van der Waals surface area contributed by atoms with Crippen LogP contribution in [0.25, 0.3) is 11.1 Å². The third-order valence-corrected chi connectivity index (χ3v) is 10.5. The van der Waals surface area contributed by atoms with Crippen LogP contribution in [0.1, 0.15) is 83.3 Å². The number of alkyl halides is 2. The standard InChI is InChI=1S/C18H19F2NO.C15H22OS.C7H14N2O.C2H6/c1-3-21-17(12-22)18(19,20)16-10-8-15(9-11-16)14-6-4-13(2)5-7-14;17-15-8-6-11-9-14(7-5-12(11)10-15)16-13-3-1-2-4-13;1-9-4-2-6(3-5-9)7(8)10;1-2/h4-12,17,21H,3H2,1-2H3;5-8,11-15,17H,1-4,9-10H2;6H,2-5H2,1H3,(H2,8,10);1-2H3/t17-;;;/m1.../s1. The number of nitrogens with two attached hydrogens (primary N) is 1. The molecule has 2 aromatic carbocycles. The number of benzene rings is 2. The second-order valence-corrected chi connectivity index (χ2v) is 14.6. The van der Waals surface area contributed by atoms with Gasteiger partial charge in [0.1, 0.15) is 12.3 Å². The molecule has 1 heterocycles. The summed E-state index contributed by atoms with van der Waals surface area (Å²) < 4.78 is 34.8. The maximum Gasteiger partial charge on any atom is 0.294 e. The Bertz CT molecular complexity index is 1370. The topological polar surface area (TPSA) is 84.7 Å². The van der Waals surface area contributed by atoms with Crippen molar-refractivity contribution in [3.05, 3.63) is 84.0 Å². The molecule has 6 rings (SSSR count). The molecule has 282 valence electrons. The van der Waals surface area contributed by atoms with Gasteiger partial charge in [0.05, 0.1) is 12.2 Å². The lowest BCUT2D eigenvalue weighted by Gasteiger charge is -2.34. The van der Waals surface area contributed by atoms with Crippen molar-refractivity contribution >= 4 is 24.8 Å². The minimum absolute atomic E-state index is 0.131. The van der Waals surface area contributed by atoms with E-state index >= 15 is 0 Å². The van der Waals surface area contributed by atoms with E-state index in [-0.39, 0.29) is 23.7 Å². The summed E-state index contributed by atoms with van der Waals surface area (Å²) in [6.07, 6.45) is 20.0. The van der Waals surface area contributed by atoms with Gasteiger partial charge in [0, 0.05) is 16.7 Å². The lowest BCUT2D eigenvalue weighted by atomic mass is 9.77. The predicted octanol–water partition coefficient (Wildman–Crippen LogP) is 8.54. The van der Waals surface area contributed by atoms with Gasteiger partial charge in [-0.1, -0.05) is 112 Å². The predicted molar refractivity (Wildman–Crippen MR) is 209 cm³/mol. The number of allylic oxidation sites excluding steroid dienone is 2. The molecule has 6 nitrogen and oxygen atoms in total. The third kappa shape index (κ3) is 13.3. The Labute approximate surface area is 311 Å². The summed E-state index contributed by atoms with van der Waals surface area (Å²) >= 11 is 4.54. The molecule has 1 amide bonds. The molecule has 4 aliphatic rings. The summed E-state index contributed by atoms with van der Waals surface area (Å²) in [5.74, 6) is -1.84. The maximum absolute atomic E-state index is 14.3. The number of thiol groups is 1. The number of primary amides is 1. The van der Waals surface area contributed by atoms with E-state index in [1.54, 1.807) is 19.1 Å². The van der Waals surface area contributed by atoms with E-state index in [4.69, 9.17) is 10.5 Å². The maximum atomic E-state index is 14.3. The summed E-state index contributed by atoms with van der Waals surface area (Å²) in [4.78, 5) is 23.8. The minimum Gasteiger partial charge on any atom is -0.371 e. The molecule has 9 heteroatoms. The van der Waals surface area contributed by atoms with E-state index in [9.17, 15) is 18.4 Å². The van der Waals surface area contributed by atoms with Crippen LogP contribution in [-0.2, 0) is 20.2 Å². The lowest BCUT2D eigenvalue weighted by molar-refractivity contribution is -0.123. The van der Waals surface area contributed by atoms with Crippen LogP contribution in [-0.4, -0.2) is 67.3 Å². The summed E-state index contributed by atoms with van der Waals surface area (Å²) in [6, 6.07) is 12.4. The van der Waals surface area contributed by atoms with E-state index in [0.29, 0.717) is 35.8 Å². The zero-order chi connectivity index (χ0) is 37.4. The molecule has 0 spiro atoms. The van der Waals surface area contributed by atoms with Crippen LogP contribution in [0.2, 0.25) is 0 Å². The molecule has 51 heavy (non-hydrogen) atoms. The summed E-state index contributed by atoms with van der Waals surface area (Å²) in [6.45, 7) is 10.0. The minimum atomic E-state index is -3.23. The number of aldehydes is 1. The van der Waals surface area contributed by atoms with Crippen LogP contribution < -0.4 is 11.1 Å². The molecule has 4 unspecified atom stereocenters. The van der Waals surface area contributed by atoms with E-state index in [1.807, 2.05) is 45.0 Å². The largest absolute Gasteiger partial charge is 0.371 e. The highest BCUT2D eigenvalue weighted by atomic mass is 32.1. The van der Waals surface area contributed by atoms with Crippen molar-refractivity contribution in [3.63, 3.8) is 0 Å². The fourth-order valence-corrected chi connectivity index (χ4v) is 7.33. The van der Waals surface area contributed by atoms with Crippen molar-refractivity contribution in [2.24, 2.45) is 23.5 Å². The fraction of sp³-hybridized carbons (Fsp3) is 0.571. The number of halogens is 2. The summed E-state index contributed by atoms with van der Waals surface area (Å²) in [5, 5.41) is 2.96. The number of likely N-dealkylation sites (tertiary alicyclic amines) is 1. The average molecular weight is 726 g/mol. The SMILES string of the molecule is CC.CCN[C@H](C=O)C(F)(F)c1ccc(-c2ccc(C)cc2)cc1.CN1CCC(C(N)=O)CC1.SC1C=CC2CC(OC3CCCC3)C=CC2C1. The first-order valence-electron chi connectivity index (χ1n) is 18.9. The number of nitrogens with one attached hydrogen (secondary N) is 1. The van der Waals surface area contributed by atoms with Crippen molar-refractivity contribution in [3.8, 4) is 11.1 Å². The Hall–Kier alpha value is -2.85. The van der Waals surface area contributed by atoms with Crippen LogP contribution in [0.4, 0.5) is 8.78 Å². The Kier molecular flexibility index (Phi) is 18.0. The van der Waals surface area contributed by atoms with Crippen molar-refractivity contribution in [1.29, 1.82) is 0 Å². The van der Waals surface area contributed by atoms with Crippen molar-refractivity contribution in [2.45, 2.75) is 108 Å². The number of likely N-dealkylation sites (N-methyl/N-ethyl adjacent to an activating group) is 1. The molecule has 2 fully saturated rings. The van der Waals surface area contributed by atoms with Gasteiger partial charge in [-0.25, -0.2) is 0 Å². The number of ether oxygens (including phenoxy) is 1. The zero-order valence-corrected chi connectivity index (χ0v) is 32.2. The second-order valence-electron chi connectivity index (χ2n) is 13.9. The van der Waals surface area contributed by atoms with E-state index < -0.39 is 12.0 Å². The molecule has 0 aromatic heterocycles. The monoisotopic (exact) mass is 725 g/mol. The van der Waals surface area contributed by atoms with Crippen molar-refractivity contribution in [2.75, 3.05) is 26.7 Å². The third-order valence-electron chi connectivity index (χ3n) is 10.1. The average Bonchev–Trinajstić information content (AvgIpc) is 3.66. The van der Waals surface area contributed by atoms with Gasteiger partial charge >= 0.3 is 0 Å². The Morgan fingerprint density at radius 1 is 0.941 bits per heavy atom. The lowest BCUT2D eigenvalue weighted by Crippen LogP contribution is -2.44. The molecule has 0 radical (unpaired) electrons. The number of fused-ring (bicyclic) bond motifs is 1. The molecule has 3 aliphatic carbocycles. The van der Waals surface area contributed by atoms with Crippen LogP contribution in [0.15, 0.2) is 72.8 Å². The van der Waals surface area contributed by atoms with Crippen molar-refractivity contribution in [1.82, 2.24) is 10.2 Å². The molecule has 1 saturated heterocycles.